The van der Waals surface area contributed by atoms with Crippen molar-refractivity contribution in [3.05, 3.63) is 59.7 Å². The van der Waals surface area contributed by atoms with Crippen LogP contribution in [0.15, 0.2) is 53.4 Å². The van der Waals surface area contributed by atoms with Crippen LogP contribution in [0.5, 0.6) is 0 Å². The van der Waals surface area contributed by atoms with Gasteiger partial charge in [-0.05, 0) is 54.7 Å². The van der Waals surface area contributed by atoms with Crippen LogP contribution in [0.25, 0.3) is 0 Å². The Morgan fingerprint density at radius 1 is 1.06 bits per heavy atom. The van der Waals surface area contributed by atoms with Gasteiger partial charge in [-0.15, -0.1) is 0 Å². The Morgan fingerprint density at radius 2 is 1.65 bits per heavy atom. The molecule has 0 heterocycles. The van der Waals surface area contributed by atoms with E-state index in [-0.39, 0.29) is 28.6 Å². The van der Waals surface area contributed by atoms with Crippen LogP contribution >= 0.6 is 0 Å². The fourth-order valence-corrected chi connectivity index (χ4v) is 4.37. The molecule has 0 spiro atoms. The number of sulfonamides is 1. The molecule has 1 atom stereocenters. The number of hydrogen-bond acceptors (Lipinski definition) is 4. The minimum absolute atomic E-state index is 0.00806. The summed E-state index contributed by atoms with van der Waals surface area (Å²) in [5.41, 5.74) is -2.40. The number of anilines is 1. The standard InChI is InChI=1S/C21H23F3N2O4S/c1-2-20(28,21(22,23)24)15-5-7-16(8-6-15)25-19(27)13-14-3-11-18(12-4-14)31(29,30)26-17-9-10-17/h3-8,11-12,17,26,28H,2,9-10,13H2,1H3,(H,25,27). The van der Waals surface area contributed by atoms with Gasteiger partial charge < -0.3 is 10.4 Å². The van der Waals surface area contributed by atoms with E-state index in [1.807, 2.05) is 0 Å². The molecule has 0 aliphatic heterocycles. The molecule has 0 aromatic heterocycles. The second-order valence-corrected chi connectivity index (χ2v) is 9.27. The van der Waals surface area contributed by atoms with Crippen LogP contribution < -0.4 is 10.0 Å². The number of carbonyl (C=O) groups excluding carboxylic acids is 1. The Morgan fingerprint density at radius 3 is 2.13 bits per heavy atom. The number of carbonyl (C=O) groups is 1. The van der Waals surface area contributed by atoms with E-state index in [2.05, 4.69) is 10.0 Å². The highest BCUT2D eigenvalue weighted by Gasteiger charge is 2.53. The van der Waals surface area contributed by atoms with Crippen LogP contribution in [0.2, 0.25) is 0 Å². The molecule has 31 heavy (non-hydrogen) atoms. The number of hydrogen-bond donors (Lipinski definition) is 3. The smallest absolute Gasteiger partial charge is 0.376 e. The largest absolute Gasteiger partial charge is 0.421 e. The van der Waals surface area contributed by atoms with Crippen LogP contribution in [-0.4, -0.2) is 31.6 Å². The van der Waals surface area contributed by atoms with Crippen molar-refractivity contribution in [1.29, 1.82) is 0 Å². The molecule has 3 N–H and O–H groups in total. The SMILES string of the molecule is CCC(O)(c1ccc(NC(=O)Cc2ccc(S(=O)(=O)NC3CC3)cc2)cc1)C(F)(F)F. The molecule has 0 saturated heterocycles. The Labute approximate surface area is 178 Å². The second-order valence-electron chi connectivity index (χ2n) is 7.55. The van der Waals surface area contributed by atoms with Gasteiger partial charge in [0, 0.05) is 11.7 Å². The van der Waals surface area contributed by atoms with E-state index in [1.165, 1.54) is 43.3 Å². The zero-order chi connectivity index (χ0) is 22.9. The van der Waals surface area contributed by atoms with E-state index in [0.29, 0.717) is 5.56 Å². The van der Waals surface area contributed by atoms with Crippen molar-refractivity contribution in [2.24, 2.45) is 0 Å². The topological polar surface area (TPSA) is 95.5 Å². The molecule has 1 aliphatic rings. The molecule has 1 unspecified atom stereocenters. The first-order valence-electron chi connectivity index (χ1n) is 9.75. The Kier molecular flexibility index (Phi) is 6.45. The summed E-state index contributed by atoms with van der Waals surface area (Å²) in [7, 11) is -3.57. The van der Waals surface area contributed by atoms with Gasteiger partial charge in [-0.1, -0.05) is 31.2 Å². The maximum absolute atomic E-state index is 13.1. The van der Waals surface area contributed by atoms with Crippen LogP contribution in [0.4, 0.5) is 18.9 Å². The number of amides is 1. The molecule has 2 aromatic carbocycles. The van der Waals surface area contributed by atoms with Crippen LogP contribution in [-0.2, 0) is 26.8 Å². The quantitative estimate of drug-likeness (QED) is 0.567. The lowest BCUT2D eigenvalue weighted by Crippen LogP contribution is -2.41. The molecule has 1 fully saturated rings. The molecule has 10 heteroatoms. The normalized spacial score (nSPS) is 16.5. The molecular weight excluding hydrogens is 433 g/mol. The number of halogens is 3. The first-order chi connectivity index (χ1) is 14.4. The van der Waals surface area contributed by atoms with E-state index < -0.39 is 34.1 Å². The van der Waals surface area contributed by atoms with Crippen molar-refractivity contribution in [2.45, 2.75) is 55.3 Å². The molecule has 2 aromatic rings. The highest BCUT2D eigenvalue weighted by molar-refractivity contribution is 7.89. The highest BCUT2D eigenvalue weighted by atomic mass is 32.2. The van der Waals surface area contributed by atoms with Gasteiger partial charge in [-0.3, -0.25) is 4.79 Å². The maximum Gasteiger partial charge on any atom is 0.421 e. The summed E-state index contributed by atoms with van der Waals surface area (Å²) < 4.78 is 66.3. The lowest BCUT2D eigenvalue weighted by molar-refractivity contribution is -0.267. The number of benzene rings is 2. The van der Waals surface area contributed by atoms with Crippen molar-refractivity contribution in [1.82, 2.24) is 4.72 Å². The molecule has 1 saturated carbocycles. The van der Waals surface area contributed by atoms with Crippen LogP contribution in [0, 0.1) is 0 Å². The minimum Gasteiger partial charge on any atom is -0.376 e. The number of aliphatic hydroxyl groups is 1. The molecule has 6 nitrogen and oxygen atoms in total. The summed E-state index contributed by atoms with van der Waals surface area (Å²) in [5, 5.41) is 12.5. The van der Waals surface area contributed by atoms with Gasteiger partial charge in [-0.25, -0.2) is 13.1 Å². The van der Waals surface area contributed by atoms with Gasteiger partial charge in [0.1, 0.15) is 0 Å². The predicted octanol–water partition coefficient (Wildman–Crippen LogP) is 3.47. The van der Waals surface area contributed by atoms with E-state index in [1.54, 1.807) is 0 Å². The van der Waals surface area contributed by atoms with Crippen molar-refractivity contribution in [3.8, 4) is 0 Å². The van der Waals surface area contributed by atoms with E-state index in [4.69, 9.17) is 0 Å². The van der Waals surface area contributed by atoms with Gasteiger partial charge in [0.15, 0.2) is 5.60 Å². The van der Waals surface area contributed by atoms with Crippen LogP contribution in [0.3, 0.4) is 0 Å². The van der Waals surface area contributed by atoms with Gasteiger partial charge in [0.05, 0.1) is 11.3 Å². The van der Waals surface area contributed by atoms with Crippen molar-refractivity contribution in [2.75, 3.05) is 5.32 Å². The Bertz CT molecular complexity index is 1030. The molecule has 1 amide bonds. The van der Waals surface area contributed by atoms with Crippen molar-refractivity contribution < 1.29 is 31.5 Å². The summed E-state index contributed by atoms with van der Waals surface area (Å²) in [6.07, 6.45) is -3.75. The Hall–Kier alpha value is -2.43. The molecule has 168 valence electrons. The van der Waals surface area contributed by atoms with Gasteiger partial charge in [0.25, 0.3) is 0 Å². The van der Waals surface area contributed by atoms with E-state index in [9.17, 15) is 31.5 Å². The van der Waals surface area contributed by atoms with Crippen LogP contribution in [0.1, 0.15) is 37.3 Å². The fourth-order valence-electron chi connectivity index (χ4n) is 3.06. The Balaban J connectivity index is 1.62. The average Bonchev–Trinajstić information content (AvgIpc) is 3.50. The maximum atomic E-state index is 13.1. The summed E-state index contributed by atoms with van der Waals surface area (Å²) in [6.45, 7) is 1.24. The number of alkyl halides is 3. The second kappa shape index (κ2) is 8.60. The van der Waals surface area contributed by atoms with Crippen molar-refractivity contribution >= 4 is 21.6 Å². The lowest BCUT2D eigenvalue weighted by Gasteiger charge is -2.29. The summed E-state index contributed by atoms with van der Waals surface area (Å²) in [6, 6.07) is 10.7. The first-order valence-corrected chi connectivity index (χ1v) is 11.2. The van der Waals surface area contributed by atoms with E-state index >= 15 is 0 Å². The summed E-state index contributed by atoms with van der Waals surface area (Å²) in [5.74, 6) is -0.416. The van der Waals surface area contributed by atoms with Gasteiger partial charge >= 0.3 is 6.18 Å². The average molecular weight is 456 g/mol. The third kappa shape index (κ3) is 5.44. The third-order valence-electron chi connectivity index (χ3n) is 5.12. The molecule has 0 radical (unpaired) electrons. The minimum atomic E-state index is -4.82. The number of nitrogens with one attached hydrogen (secondary N) is 2. The molecule has 3 rings (SSSR count). The van der Waals surface area contributed by atoms with E-state index in [0.717, 1.165) is 25.0 Å². The monoisotopic (exact) mass is 456 g/mol. The lowest BCUT2D eigenvalue weighted by atomic mass is 9.90. The zero-order valence-corrected chi connectivity index (χ0v) is 17.6. The summed E-state index contributed by atoms with van der Waals surface area (Å²) >= 11 is 0. The highest BCUT2D eigenvalue weighted by Crippen LogP contribution is 2.41. The van der Waals surface area contributed by atoms with Gasteiger partial charge in [0.2, 0.25) is 15.9 Å². The molecular formula is C21H23F3N2O4S. The molecule has 1 aliphatic carbocycles. The fraction of sp³-hybridized carbons (Fsp3) is 0.381. The summed E-state index contributed by atoms with van der Waals surface area (Å²) in [4.78, 5) is 12.4. The third-order valence-corrected chi connectivity index (χ3v) is 6.66. The zero-order valence-electron chi connectivity index (χ0n) is 16.7. The predicted molar refractivity (Wildman–Crippen MR) is 109 cm³/mol. The van der Waals surface area contributed by atoms with Crippen molar-refractivity contribution in [3.63, 3.8) is 0 Å². The van der Waals surface area contributed by atoms with Gasteiger partial charge in [-0.2, -0.15) is 13.2 Å². The number of rotatable bonds is 8. The molecule has 0 bridgehead atoms. The first kappa shape index (κ1) is 23.2.